The van der Waals surface area contributed by atoms with E-state index >= 15 is 0 Å². The van der Waals surface area contributed by atoms with Gasteiger partial charge in [-0.25, -0.2) is 4.98 Å². The number of benzene rings is 9. The minimum atomic E-state index is 0.951. The molecule has 0 unspecified atom stereocenters. The minimum absolute atomic E-state index is 0.951. The molecule has 0 aliphatic carbocycles. The topological polar surface area (TPSA) is 21.1 Å². The van der Waals surface area contributed by atoms with E-state index in [0.717, 1.165) is 45.2 Å². The molecule has 3 heteroatoms. The Morgan fingerprint density at radius 1 is 0.400 bits per heavy atom. The molecule has 0 bridgehead atoms. The Bertz CT molecular complexity index is 2750. The third kappa shape index (κ3) is 4.48. The first-order valence-corrected chi connectivity index (χ1v) is 17.1. The maximum absolute atomic E-state index is 5.23. The van der Waals surface area contributed by atoms with Crippen molar-refractivity contribution in [3.05, 3.63) is 188 Å². The molecule has 0 saturated heterocycles. The van der Waals surface area contributed by atoms with Crippen LogP contribution >= 0.6 is 0 Å². The van der Waals surface area contributed by atoms with Crippen LogP contribution in [0, 0.1) is 0 Å². The molecule has 0 atom stereocenters. The molecule has 0 spiro atoms. The number of rotatable bonds is 6. The van der Waals surface area contributed by atoms with Gasteiger partial charge in [0.1, 0.15) is 5.82 Å². The molecule has 1 aromatic heterocycles. The molecule has 234 valence electrons. The van der Waals surface area contributed by atoms with Crippen LogP contribution in [0.1, 0.15) is 0 Å². The lowest BCUT2D eigenvalue weighted by atomic mass is 9.88. The molecule has 0 fully saturated rings. The van der Waals surface area contributed by atoms with E-state index in [1.165, 1.54) is 43.4 Å². The average molecular weight is 638 g/mol. The maximum atomic E-state index is 5.23. The van der Waals surface area contributed by atoms with E-state index in [1.54, 1.807) is 0 Å². The summed E-state index contributed by atoms with van der Waals surface area (Å²) < 4.78 is 2.29. The van der Waals surface area contributed by atoms with Crippen molar-refractivity contribution in [2.24, 2.45) is 0 Å². The molecule has 9 aromatic carbocycles. The van der Waals surface area contributed by atoms with Gasteiger partial charge in [-0.3, -0.25) is 4.57 Å². The summed E-state index contributed by atoms with van der Waals surface area (Å²) in [5, 5.41) is 7.51. The van der Waals surface area contributed by atoms with Crippen molar-refractivity contribution >= 4 is 60.4 Å². The van der Waals surface area contributed by atoms with Gasteiger partial charge in [0.2, 0.25) is 0 Å². The van der Waals surface area contributed by atoms with Crippen LogP contribution < -0.4 is 4.90 Å². The van der Waals surface area contributed by atoms with E-state index in [0.29, 0.717) is 0 Å². The standard InChI is InChI=1S/C47H31N3/c1-4-12-35(13-5-1)49(36-14-6-2-7-15-36)38-26-20-32(21-27-38)39-28-22-33-24-30-41-42(31-25-34-23-29-40(39)45(33)46(34)41)47-48-43-18-10-11-19-44(43)50(47)37-16-8-3-9-17-37/h1-31H. The molecule has 0 N–H and O–H groups in total. The number of imidazole rings is 1. The first-order chi connectivity index (χ1) is 24.8. The normalized spacial score (nSPS) is 11.6. The van der Waals surface area contributed by atoms with Crippen molar-refractivity contribution in [1.29, 1.82) is 0 Å². The van der Waals surface area contributed by atoms with Crippen molar-refractivity contribution in [1.82, 2.24) is 9.55 Å². The molecule has 3 nitrogen and oxygen atoms in total. The zero-order valence-electron chi connectivity index (χ0n) is 27.2. The van der Waals surface area contributed by atoms with Crippen LogP contribution in [0.4, 0.5) is 17.1 Å². The van der Waals surface area contributed by atoms with E-state index < -0.39 is 0 Å². The predicted octanol–water partition coefficient (Wildman–Crippen LogP) is 12.7. The Kier molecular flexibility index (Phi) is 6.49. The Balaban J connectivity index is 1.14. The minimum Gasteiger partial charge on any atom is -0.311 e. The summed E-state index contributed by atoms with van der Waals surface area (Å²) in [6, 6.07) is 67.3. The van der Waals surface area contributed by atoms with E-state index in [2.05, 4.69) is 198 Å². The van der Waals surface area contributed by atoms with Crippen LogP contribution in [0.15, 0.2) is 188 Å². The van der Waals surface area contributed by atoms with Crippen molar-refractivity contribution < 1.29 is 0 Å². The fourth-order valence-corrected chi connectivity index (χ4v) is 7.68. The van der Waals surface area contributed by atoms with E-state index in [9.17, 15) is 0 Å². The van der Waals surface area contributed by atoms with Gasteiger partial charge in [0.05, 0.1) is 11.0 Å². The van der Waals surface area contributed by atoms with Crippen molar-refractivity contribution in [3.8, 4) is 28.2 Å². The molecule has 0 aliphatic heterocycles. The van der Waals surface area contributed by atoms with Crippen LogP contribution in [0.25, 0.3) is 71.6 Å². The van der Waals surface area contributed by atoms with Crippen molar-refractivity contribution in [2.45, 2.75) is 0 Å². The lowest BCUT2D eigenvalue weighted by molar-refractivity contribution is 1.11. The van der Waals surface area contributed by atoms with Crippen LogP contribution in [-0.4, -0.2) is 9.55 Å². The lowest BCUT2D eigenvalue weighted by Gasteiger charge is -2.25. The first-order valence-electron chi connectivity index (χ1n) is 17.1. The second-order valence-electron chi connectivity index (χ2n) is 12.8. The number of para-hydroxylation sites is 5. The molecule has 50 heavy (non-hydrogen) atoms. The number of fused-ring (bicyclic) bond motifs is 1. The molecule has 1 heterocycles. The number of nitrogens with zero attached hydrogens (tertiary/aromatic N) is 3. The summed E-state index contributed by atoms with van der Waals surface area (Å²) >= 11 is 0. The van der Waals surface area contributed by atoms with Crippen LogP contribution in [0.3, 0.4) is 0 Å². The van der Waals surface area contributed by atoms with Crippen LogP contribution in [0.2, 0.25) is 0 Å². The van der Waals surface area contributed by atoms with Gasteiger partial charge in [0.25, 0.3) is 0 Å². The Morgan fingerprint density at radius 3 is 1.54 bits per heavy atom. The molecular weight excluding hydrogens is 607 g/mol. The Labute approximate surface area is 290 Å². The summed E-state index contributed by atoms with van der Waals surface area (Å²) in [6.45, 7) is 0. The fourth-order valence-electron chi connectivity index (χ4n) is 7.68. The number of hydrogen-bond donors (Lipinski definition) is 0. The molecule has 0 aliphatic rings. The van der Waals surface area contributed by atoms with Gasteiger partial charge in [-0.05, 0) is 110 Å². The van der Waals surface area contributed by atoms with Gasteiger partial charge in [-0.15, -0.1) is 0 Å². The number of aromatic nitrogens is 2. The third-order valence-electron chi connectivity index (χ3n) is 9.95. The third-order valence-corrected chi connectivity index (χ3v) is 9.95. The van der Waals surface area contributed by atoms with Gasteiger partial charge in [0, 0.05) is 28.3 Å². The summed E-state index contributed by atoms with van der Waals surface area (Å²) in [5.41, 5.74) is 10.1. The predicted molar refractivity (Wildman–Crippen MR) is 210 cm³/mol. The number of anilines is 3. The molecule has 0 amide bonds. The highest BCUT2D eigenvalue weighted by Gasteiger charge is 2.20. The lowest BCUT2D eigenvalue weighted by Crippen LogP contribution is -2.09. The molecule has 0 radical (unpaired) electrons. The first kappa shape index (κ1) is 28.3. The highest BCUT2D eigenvalue weighted by atomic mass is 15.1. The number of hydrogen-bond acceptors (Lipinski definition) is 2. The second-order valence-corrected chi connectivity index (χ2v) is 12.8. The molecule has 0 saturated carbocycles. The monoisotopic (exact) mass is 637 g/mol. The maximum Gasteiger partial charge on any atom is 0.146 e. The van der Waals surface area contributed by atoms with E-state index in [4.69, 9.17) is 4.98 Å². The SMILES string of the molecule is c1ccc(N(c2ccccc2)c2ccc(-c3ccc4ccc5c(-c6nc7ccccc7n6-c6ccccc6)ccc6ccc3c4c65)cc2)cc1. The largest absolute Gasteiger partial charge is 0.311 e. The van der Waals surface area contributed by atoms with Gasteiger partial charge in [-0.1, -0.05) is 121 Å². The van der Waals surface area contributed by atoms with E-state index in [1.807, 2.05) is 0 Å². The van der Waals surface area contributed by atoms with E-state index in [-0.39, 0.29) is 0 Å². The Morgan fingerprint density at radius 2 is 0.900 bits per heavy atom. The van der Waals surface area contributed by atoms with Crippen LogP contribution in [-0.2, 0) is 0 Å². The van der Waals surface area contributed by atoms with Crippen molar-refractivity contribution in [2.75, 3.05) is 4.90 Å². The van der Waals surface area contributed by atoms with Crippen LogP contribution in [0.5, 0.6) is 0 Å². The highest BCUT2D eigenvalue weighted by molar-refractivity contribution is 6.27. The molecule has 10 rings (SSSR count). The summed E-state index contributed by atoms with van der Waals surface area (Å²) in [7, 11) is 0. The van der Waals surface area contributed by atoms with Gasteiger partial charge >= 0.3 is 0 Å². The molecular formula is C47H31N3. The fraction of sp³-hybridized carbons (Fsp3) is 0. The molecule has 10 aromatic rings. The summed E-state index contributed by atoms with van der Waals surface area (Å²) in [6.07, 6.45) is 0. The van der Waals surface area contributed by atoms with Gasteiger partial charge in [0.15, 0.2) is 0 Å². The van der Waals surface area contributed by atoms with Gasteiger partial charge in [-0.2, -0.15) is 0 Å². The summed E-state index contributed by atoms with van der Waals surface area (Å²) in [5.74, 6) is 0.951. The quantitative estimate of drug-likeness (QED) is 0.169. The zero-order chi connectivity index (χ0) is 33.0. The Hall–Kier alpha value is -6.71. The van der Waals surface area contributed by atoms with Gasteiger partial charge < -0.3 is 4.90 Å². The smallest absolute Gasteiger partial charge is 0.146 e. The zero-order valence-corrected chi connectivity index (χ0v) is 27.2. The highest BCUT2D eigenvalue weighted by Crippen LogP contribution is 2.43. The van der Waals surface area contributed by atoms with Crippen molar-refractivity contribution in [3.63, 3.8) is 0 Å². The summed E-state index contributed by atoms with van der Waals surface area (Å²) in [4.78, 5) is 7.54. The average Bonchev–Trinajstić information content (AvgIpc) is 3.58. The second kappa shape index (κ2) is 11.5.